The molecule has 1 rings (SSSR count). The van der Waals surface area contributed by atoms with Crippen LogP contribution in [0.25, 0.3) is 0 Å². The highest BCUT2D eigenvalue weighted by atomic mass is 31.2. The van der Waals surface area contributed by atoms with Gasteiger partial charge in [-0.15, -0.1) is 0 Å². The van der Waals surface area contributed by atoms with Crippen LogP contribution in [0.4, 0.5) is 0 Å². The highest BCUT2D eigenvalue weighted by molar-refractivity contribution is 7.52. The van der Waals surface area contributed by atoms with Crippen molar-refractivity contribution in [1.82, 2.24) is 0 Å². The largest absolute Gasteiger partial charge is 0.336 e. The van der Waals surface area contributed by atoms with E-state index in [9.17, 15) is 14.7 Å². The van der Waals surface area contributed by atoms with Crippen molar-refractivity contribution in [2.24, 2.45) is 5.92 Å². The Labute approximate surface area is 80.2 Å². The molecular weight excluding hydrogens is 209 g/mol. The third-order valence-corrected chi connectivity index (χ3v) is 3.36. The third-order valence-electron chi connectivity index (χ3n) is 1.99. The quantitative estimate of drug-likeness (QED) is 0.408. The molecule has 1 aliphatic carbocycles. The molecule has 0 radical (unpaired) electrons. The van der Waals surface area contributed by atoms with Gasteiger partial charge in [0, 0.05) is 10.8 Å². The minimum atomic E-state index is -4.42. The zero-order chi connectivity index (χ0) is 10.8. The second kappa shape index (κ2) is 4.04. The summed E-state index contributed by atoms with van der Waals surface area (Å²) in [6.07, 6.45) is 6.33. The molecule has 0 aliphatic heterocycles. The van der Waals surface area contributed by atoms with Gasteiger partial charge in [-0.05, 0) is 0 Å². The first-order valence-corrected chi connectivity index (χ1v) is 5.61. The second-order valence-corrected chi connectivity index (χ2v) is 4.86. The molecule has 1 atom stereocenters. The third kappa shape index (κ3) is 2.77. The summed E-state index contributed by atoms with van der Waals surface area (Å²) in [6, 6.07) is 0. The Hall–Kier alpha value is -0.970. The molecule has 2 N–H and O–H groups in total. The van der Waals surface area contributed by atoms with Crippen molar-refractivity contribution in [2.45, 2.75) is 5.66 Å². The molecular formula is C7H10NO5P. The van der Waals surface area contributed by atoms with E-state index in [2.05, 4.69) is 0 Å². The molecule has 7 heteroatoms. The van der Waals surface area contributed by atoms with Crippen LogP contribution in [0.15, 0.2) is 24.3 Å². The Kier molecular flexibility index (Phi) is 3.21. The van der Waals surface area contributed by atoms with Crippen molar-refractivity contribution >= 4 is 7.60 Å². The molecule has 0 saturated heterocycles. The summed E-state index contributed by atoms with van der Waals surface area (Å²) in [5.74, 6) is -0.541. The van der Waals surface area contributed by atoms with Gasteiger partial charge < -0.3 is 9.79 Å². The molecule has 0 bridgehead atoms. The minimum Gasteiger partial charge on any atom is -0.324 e. The van der Waals surface area contributed by atoms with Gasteiger partial charge in [0.05, 0.1) is 0 Å². The molecule has 14 heavy (non-hydrogen) atoms. The Morgan fingerprint density at radius 2 is 1.93 bits per heavy atom. The molecule has 0 heterocycles. The zero-order valence-electron chi connectivity index (χ0n) is 7.18. The summed E-state index contributed by atoms with van der Waals surface area (Å²) in [7, 11) is -4.42. The van der Waals surface area contributed by atoms with Crippen molar-refractivity contribution in [3.63, 3.8) is 0 Å². The highest BCUT2D eigenvalue weighted by Gasteiger charge is 2.38. The minimum absolute atomic E-state index is 0.541. The lowest BCUT2D eigenvalue weighted by Crippen LogP contribution is -2.26. The number of hydrogen-bond donors (Lipinski definition) is 2. The maximum atomic E-state index is 11.0. The maximum absolute atomic E-state index is 11.0. The van der Waals surface area contributed by atoms with E-state index in [1.54, 1.807) is 24.3 Å². The fourth-order valence-electron chi connectivity index (χ4n) is 1.31. The van der Waals surface area contributed by atoms with Crippen LogP contribution in [0.2, 0.25) is 0 Å². The molecule has 78 valence electrons. The maximum Gasteiger partial charge on any atom is 0.336 e. The van der Waals surface area contributed by atoms with Crippen LogP contribution in [0, 0.1) is 16.0 Å². The molecule has 0 fully saturated rings. The Morgan fingerprint density at radius 3 is 2.29 bits per heavy atom. The Bertz CT molecular complexity index is 319. The van der Waals surface area contributed by atoms with Crippen LogP contribution in [0.5, 0.6) is 0 Å². The monoisotopic (exact) mass is 219 g/mol. The fourth-order valence-corrected chi connectivity index (χ4v) is 2.30. The van der Waals surface area contributed by atoms with Crippen molar-refractivity contribution in [1.29, 1.82) is 0 Å². The summed E-state index contributed by atoms with van der Waals surface area (Å²) in [6.45, 7) is -0.719. The van der Waals surface area contributed by atoms with E-state index in [-0.39, 0.29) is 0 Å². The van der Waals surface area contributed by atoms with Gasteiger partial charge in [0.2, 0.25) is 6.54 Å². The van der Waals surface area contributed by atoms with Crippen LogP contribution < -0.4 is 0 Å². The smallest absolute Gasteiger partial charge is 0.324 e. The summed E-state index contributed by atoms with van der Waals surface area (Å²) in [5.41, 5.74) is -1.26. The molecule has 0 aromatic rings. The molecule has 0 amide bonds. The molecule has 1 aliphatic rings. The molecule has 0 unspecified atom stereocenters. The molecule has 0 spiro atoms. The van der Waals surface area contributed by atoms with E-state index in [4.69, 9.17) is 9.79 Å². The van der Waals surface area contributed by atoms with Crippen molar-refractivity contribution in [3.8, 4) is 0 Å². The van der Waals surface area contributed by atoms with E-state index in [0.29, 0.717) is 0 Å². The summed E-state index contributed by atoms with van der Waals surface area (Å²) in [4.78, 5) is 27.4. The van der Waals surface area contributed by atoms with Crippen molar-refractivity contribution in [3.05, 3.63) is 34.4 Å². The molecule has 0 aromatic heterocycles. The van der Waals surface area contributed by atoms with E-state index in [0.717, 1.165) is 0 Å². The highest BCUT2D eigenvalue weighted by Crippen LogP contribution is 2.46. The van der Waals surface area contributed by atoms with Crippen LogP contribution in [-0.4, -0.2) is 26.9 Å². The zero-order valence-corrected chi connectivity index (χ0v) is 8.08. The first-order valence-electron chi connectivity index (χ1n) is 3.93. The predicted molar refractivity (Wildman–Crippen MR) is 49.5 cm³/mol. The molecule has 0 saturated carbocycles. The van der Waals surface area contributed by atoms with Gasteiger partial charge >= 0.3 is 7.60 Å². The molecule has 6 nitrogen and oxygen atoms in total. The Balaban J connectivity index is 2.82. The topological polar surface area (TPSA) is 101 Å². The number of rotatable bonds is 4. The molecule has 0 aromatic carbocycles. The van der Waals surface area contributed by atoms with Gasteiger partial charge in [0.15, 0.2) is 0 Å². The number of allylic oxidation sites excluding steroid dienone is 4. The van der Waals surface area contributed by atoms with Gasteiger partial charge in [-0.1, -0.05) is 24.3 Å². The first kappa shape index (κ1) is 11.1. The van der Waals surface area contributed by atoms with E-state index >= 15 is 0 Å². The number of nitro groups is 1. The predicted octanol–water partition coefficient (Wildman–Crippen LogP) is 0.552. The second-order valence-electron chi connectivity index (χ2n) is 3.02. The lowest BCUT2D eigenvalue weighted by Gasteiger charge is -2.17. The van der Waals surface area contributed by atoms with Gasteiger partial charge in [-0.25, -0.2) is 0 Å². The standard InChI is InChI=1S/C7H10NO5P/c9-8(10)5-7(14(11,12)13)6-3-1-2-4-6/h1-4,6-7H,5H2,(H2,11,12,13)/t7-/m0/s1. The summed E-state index contributed by atoms with van der Waals surface area (Å²) < 4.78 is 11.0. The lowest BCUT2D eigenvalue weighted by atomic mass is 10.1. The van der Waals surface area contributed by atoms with Gasteiger partial charge in [0.1, 0.15) is 5.66 Å². The van der Waals surface area contributed by atoms with Crippen LogP contribution in [0.3, 0.4) is 0 Å². The average Bonchev–Trinajstić information content (AvgIpc) is 2.49. The SMILES string of the molecule is O=[N+]([O-])C[C@@H](C1C=CC=C1)P(=O)(O)O. The number of nitrogens with zero attached hydrogens (tertiary/aromatic N) is 1. The first-order chi connectivity index (χ1) is 6.41. The normalized spacial score (nSPS) is 18.7. The van der Waals surface area contributed by atoms with Crippen LogP contribution >= 0.6 is 7.60 Å². The Morgan fingerprint density at radius 1 is 1.43 bits per heavy atom. The van der Waals surface area contributed by atoms with Gasteiger partial charge in [0.25, 0.3) is 0 Å². The van der Waals surface area contributed by atoms with E-state index in [1.165, 1.54) is 0 Å². The van der Waals surface area contributed by atoms with E-state index < -0.39 is 30.6 Å². The van der Waals surface area contributed by atoms with Gasteiger partial charge in [-0.3, -0.25) is 14.7 Å². The van der Waals surface area contributed by atoms with Crippen LogP contribution in [0.1, 0.15) is 0 Å². The summed E-state index contributed by atoms with van der Waals surface area (Å²) >= 11 is 0. The van der Waals surface area contributed by atoms with Crippen molar-refractivity contribution < 1.29 is 19.3 Å². The average molecular weight is 219 g/mol. The fraction of sp³-hybridized carbons (Fsp3) is 0.429. The lowest BCUT2D eigenvalue weighted by molar-refractivity contribution is -0.480. The van der Waals surface area contributed by atoms with Crippen LogP contribution in [-0.2, 0) is 4.57 Å². The summed E-state index contributed by atoms with van der Waals surface area (Å²) in [5, 5.41) is 10.2. The van der Waals surface area contributed by atoms with E-state index in [1.807, 2.05) is 0 Å². The number of hydrogen-bond acceptors (Lipinski definition) is 3. The van der Waals surface area contributed by atoms with Gasteiger partial charge in [-0.2, -0.15) is 0 Å². The van der Waals surface area contributed by atoms with Crippen molar-refractivity contribution in [2.75, 3.05) is 6.54 Å².